The quantitative estimate of drug-likeness (QED) is 0.596. The number of tetrazole rings is 1. The molecule has 170 valence electrons. The van der Waals surface area contributed by atoms with Crippen LogP contribution in [0.2, 0.25) is 0 Å². The largest absolute Gasteiger partial charge is 0.330 e. The Balaban J connectivity index is 1.73. The van der Waals surface area contributed by atoms with Gasteiger partial charge >= 0.3 is 0 Å². The van der Waals surface area contributed by atoms with Gasteiger partial charge < -0.3 is 5.73 Å². The van der Waals surface area contributed by atoms with Crippen LogP contribution in [0.25, 0.3) is 11.4 Å². The van der Waals surface area contributed by atoms with Crippen LogP contribution in [0.1, 0.15) is 81.3 Å². The summed E-state index contributed by atoms with van der Waals surface area (Å²) in [5.41, 5.74) is 8.17. The smallest absolute Gasteiger partial charge is 0.239 e. The molecule has 0 unspecified atom stereocenters. The molecule has 0 bridgehead atoms. The van der Waals surface area contributed by atoms with Crippen LogP contribution in [-0.4, -0.2) is 35.6 Å². The molecular weight excluding hydrogens is 412 g/mol. The van der Waals surface area contributed by atoms with E-state index in [1.165, 1.54) is 32.1 Å². The van der Waals surface area contributed by atoms with Gasteiger partial charge in [0.2, 0.25) is 10.0 Å². The molecule has 0 amide bonds. The van der Waals surface area contributed by atoms with Crippen molar-refractivity contribution in [3.63, 3.8) is 0 Å². The van der Waals surface area contributed by atoms with E-state index in [9.17, 15) is 8.42 Å². The highest BCUT2D eigenvalue weighted by atomic mass is 32.2. The van der Waals surface area contributed by atoms with Gasteiger partial charge in [0.1, 0.15) is 0 Å². The van der Waals surface area contributed by atoms with Crippen LogP contribution in [0, 0.1) is 11.8 Å². The molecule has 8 nitrogen and oxygen atoms in total. The second-order valence-electron chi connectivity index (χ2n) is 9.31. The van der Waals surface area contributed by atoms with Crippen molar-refractivity contribution in [2.45, 2.75) is 81.4 Å². The third-order valence-electron chi connectivity index (χ3n) is 7.30. The Morgan fingerprint density at radius 3 is 2.35 bits per heavy atom. The van der Waals surface area contributed by atoms with Gasteiger partial charge in [-0.3, -0.25) is 0 Å². The van der Waals surface area contributed by atoms with Crippen molar-refractivity contribution < 1.29 is 8.42 Å². The molecule has 0 aliphatic heterocycles. The number of benzene rings is 1. The van der Waals surface area contributed by atoms with Crippen molar-refractivity contribution in [2.75, 3.05) is 6.54 Å². The summed E-state index contributed by atoms with van der Waals surface area (Å²) in [6.07, 6.45) is 12.0. The number of aryl methyl sites for hydroxylation is 1. The Morgan fingerprint density at radius 2 is 1.74 bits per heavy atom. The monoisotopic (exact) mass is 446 g/mol. The molecule has 1 aromatic carbocycles. The number of aromatic amines is 1. The molecule has 0 radical (unpaired) electrons. The summed E-state index contributed by atoms with van der Waals surface area (Å²) in [7, 11) is -3.96. The molecule has 1 heterocycles. The van der Waals surface area contributed by atoms with Crippen LogP contribution in [0.15, 0.2) is 17.0 Å². The van der Waals surface area contributed by atoms with Crippen LogP contribution in [0.3, 0.4) is 0 Å². The molecule has 0 spiro atoms. The van der Waals surface area contributed by atoms with Gasteiger partial charge in [0, 0.05) is 5.56 Å². The Labute approximate surface area is 184 Å². The molecule has 2 aliphatic rings. The van der Waals surface area contributed by atoms with E-state index in [4.69, 9.17) is 10.9 Å². The summed E-state index contributed by atoms with van der Waals surface area (Å²) in [6.45, 7) is 0.703. The van der Waals surface area contributed by atoms with Crippen molar-refractivity contribution >= 4 is 10.0 Å². The molecule has 2 aliphatic carbocycles. The molecule has 2 aromatic rings. The second kappa shape index (κ2) is 9.75. The van der Waals surface area contributed by atoms with Crippen LogP contribution < -0.4 is 10.9 Å². The van der Waals surface area contributed by atoms with Crippen molar-refractivity contribution in [3.05, 3.63) is 23.3 Å². The van der Waals surface area contributed by atoms with E-state index < -0.39 is 10.0 Å². The average molecular weight is 447 g/mol. The number of nitrogens with zero attached hydrogens (tertiary/aromatic N) is 3. The van der Waals surface area contributed by atoms with Gasteiger partial charge in [-0.1, -0.05) is 44.2 Å². The van der Waals surface area contributed by atoms with Gasteiger partial charge in [0.05, 0.1) is 4.90 Å². The number of hydrogen-bond donors (Lipinski definition) is 3. The minimum Gasteiger partial charge on any atom is -0.330 e. The third-order valence-corrected chi connectivity index (χ3v) is 8.34. The summed E-state index contributed by atoms with van der Waals surface area (Å²) in [4.78, 5) is 0.195. The zero-order valence-electron chi connectivity index (χ0n) is 18.1. The first-order valence-corrected chi connectivity index (χ1v) is 13.1. The number of nitrogens with two attached hydrogens (primary N) is 2. The molecule has 2 fully saturated rings. The predicted octanol–water partition coefficient (Wildman–Crippen LogP) is 3.26. The Hall–Kier alpha value is -1.84. The van der Waals surface area contributed by atoms with Crippen LogP contribution >= 0.6 is 0 Å². The molecule has 0 atom stereocenters. The number of sulfonamides is 1. The highest BCUT2D eigenvalue weighted by Gasteiger charge is 2.30. The third kappa shape index (κ3) is 5.15. The number of hydrogen-bond acceptors (Lipinski definition) is 6. The fraction of sp³-hybridized carbons (Fsp3) is 0.682. The Kier molecular flexibility index (Phi) is 7.03. The Bertz CT molecular complexity index is 962. The lowest BCUT2D eigenvalue weighted by Crippen LogP contribution is -2.22. The van der Waals surface area contributed by atoms with E-state index in [1.807, 2.05) is 6.07 Å². The highest BCUT2D eigenvalue weighted by molar-refractivity contribution is 7.89. The van der Waals surface area contributed by atoms with E-state index >= 15 is 0 Å². The van der Waals surface area contributed by atoms with Gasteiger partial charge in [0.15, 0.2) is 5.82 Å². The van der Waals surface area contributed by atoms with Crippen molar-refractivity contribution in [3.8, 4) is 11.4 Å². The minimum atomic E-state index is -3.96. The first-order chi connectivity index (χ1) is 15.0. The maximum Gasteiger partial charge on any atom is 0.239 e. The Morgan fingerprint density at radius 1 is 1.00 bits per heavy atom. The van der Waals surface area contributed by atoms with Crippen LogP contribution in [-0.2, 0) is 16.4 Å². The van der Waals surface area contributed by atoms with Crippen molar-refractivity contribution in [1.29, 1.82) is 0 Å². The fourth-order valence-electron chi connectivity index (χ4n) is 5.56. The zero-order valence-corrected chi connectivity index (χ0v) is 18.9. The lowest BCUT2D eigenvalue weighted by atomic mass is 9.77. The van der Waals surface area contributed by atoms with Crippen LogP contribution in [0.4, 0.5) is 0 Å². The summed E-state index contributed by atoms with van der Waals surface area (Å²) in [5, 5.41) is 20.1. The van der Waals surface area contributed by atoms with Gasteiger partial charge in [-0.05, 0) is 84.4 Å². The number of H-pyrrole nitrogens is 1. The standard InChI is InChI=1S/C22H34N6O2S/c23-14-16-7-9-17(10-8-16)19-13-12-18(11-6-15-4-2-1-3-5-15)21(31(24,29)30)20(19)22-25-27-28-26-22/h12-13,15-17H,1-11,14,23H2,(H2,24,29,30)(H,25,26,27,28)/t16-,17-. The van der Waals surface area contributed by atoms with Gasteiger partial charge in [-0.25, -0.2) is 18.7 Å². The summed E-state index contributed by atoms with van der Waals surface area (Å²) in [5.74, 6) is 1.82. The van der Waals surface area contributed by atoms with Gasteiger partial charge in [-0.15, -0.1) is 5.10 Å². The van der Waals surface area contributed by atoms with E-state index in [-0.39, 0.29) is 10.8 Å². The first-order valence-electron chi connectivity index (χ1n) is 11.6. The first kappa shape index (κ1) is 22.4. The zero-order chi connectivity index (χ0) is 21.8. The SMILES string of the molecule is NC[C@H]1CC[C@H](c2ccc(CCC3CCCCC3)c(S(N)(=O)=O)c2-c2nnn[nH]2)CC1. The maximum atomic E-state index is 12.8. The van der Waals surface area contributed by atoms with E-state index in [0.29, 0.717) is 36.2 Å². The molecule has 1 aromatic heterocycles. The molecule has 0 saturated heterocycles. The molecule has 4 rings (SSSR count). The average Bonchev–Trinajstić information content (AvgIpc) is 3.32. The summed E-state index contributed by atoms with van der Waals surface area (Å²) < 4.78 is 25.7. The number of aromatic nitrogens is 4. The van der Waals surface area contributed by atoms with Gasteiger partial charge in [-0.2, -0.15) is 0 Å². The molecule has 31 heavy (non-hydrogen) atoms. The molecule has 5 N–H and O–H groups in total. The van der Waals surface area contributed by atoms with E-state index in [2.05, 4.69) is 26.7 Å². The lowest BCUT2D eigenvalue weighted by molar-refractivity contribution is 0.332. The number of rotatable bonds is 7. The lowest BCUT2D eigenvalue weighted by Gasteiger charge is -2.30. The minimum absolute atomic E-state index is 0.195. The molecule has 9 heteroatoms. The normalized spacial score (nSPS) is 23.2. The second-order valence-corrected chi connectivity index (χ2v) is 10.8. The van der Waals surface area contributed by atoms with E-state index in [1.54, 1.807) is 0 Å². The van der Waals surface area contributed by atoms with E-state index in [0.717, 1.165) is 43.2 Å². The van der Waals surface area contributed by atoms with Gasteiger partial charge in [0.25, 0.3) is 0 Å². The van der Waals surface area contributed by atoms with Crippen LogP contribution in [0.5, 0.6) is 0 Å². The topological polar surface area (TPSA) is 141 Å². The van der Waals surface area contributed by atoms with Crippen molar-refractivity contribution in [2.24, 2.45) is 22.7 Å². The predicted molar refractivity (Wildman–Crippen MR) is 120 cm³/mol. The highest BCUT2D eigenvalue weighted by Crippen LogP contribution is 2.42. The summed E-state index contributed by atoms with van der Waals surface area (Å²) in [6, 6.07) is 4.05. The number of nitrogens with one attached hydrogen (secondary N) is 1. The molecular formula is C22H34N6O2S. The number of primary sulfonamides is 1. The maximum absolute atomic E-state index is 12.8. The fourth-order valence-corrected chi connectivity index (χ4v) is 6.59. The van der Waals surface area contributed by atoms with Crippen molar-refractivity contribution in [1.82, 2.24) is 20.6 Å². The summed E-state index contributed by atoms with van der Waals surface area (Å²) >= 11 is 0. The molecule has 2 saturated carbocycles.